The molecule has 0 spiro atoms. The normalized spacial score (nSPS) is 32.5. The van der Waals surface area contributed by atoms with Gasteiger partial charge in [-0.25, -0.2) is 0 Å². The number of carbonyl (C=O) groups is 1. The largest absolute Gasteiger partial charge is 0.423 e. The van der Waals surface area contributed by atoms with Crippen molar-refractivity contribution in [2.75, 3.05) is 0 Å². The quantitative estimate of drug-likeness (QED) is 0.638. The van der Waals surface area contributed by atoms with E-state index in [2.05, 4.69) is 5.32 Å². The molecule has 26 heavy (non-hydrogen) atoms. The predicted octanol–water partition coefficient (Wildman–Crippen LogP) is 4.31. The summed E-state index contributed by atoms with van der Waals surface area (Å²) in [6, 6.07) is 2.45. The smallest absolute Gasteiger partial charge is 0.347 e. The fraction of sp³-hybridized carbons (Fsp3) is 0.611. The van der Waals surface area contributed by atoms with Crippen LogP contribution >= 0.6 is 0 Å². The minimum atomic E-state index is -4.89. The number of nitrogens with one attached hydrogen (secondary N) is 1. The van der Waals surface area contributed by atoms with Crippen molar-refractivity contribution in [3.05, 3.63) is 39.4 Å². The monoisotopic (exact) mass is 368 g/mol. The van der Waals surface area contributed by atoms with Crippen LogP contribution in [-0.2, 0) is 6.18 Å². The second-order valence-electron chi connectivity index (χ2n) is 8.14. The highest BCUT2D eigenvalue weighted by atomic mass is 19.4. The van der Waals surface area contributed by atoms with Crippen LogP contribution in [0.4, 0.5) is 18.9 Å². The number of amides is 1. The Morgan fingerprint density at radius 2 is 1.65 bits per heavy atom. The molecular weight excluding hydrogens is 349 g/mol. The summed E-state index contributed by atoms with van der Waals surface area (Å²) in [6.45, 7) is 0. The van der Waals surface area contributed by atoms with E-state index in [0.717, 1.165) is 31.4 Å². The molecule has 1 N–H and O–H groups in total. The molecule has 140 valence electrons. The maximum atomic E-state index is 13.1. The number of hydrogen-bond donors (Lipinski definition) is 1. The second-order valence-corrected chi connectivity index (χ2v) is 8.14. The summed E-state index contributed by atoms with van der Waals surface area (Å²) < 4.78 is 39.4. The van der Waals surface area contributed by atoms with Gasteiger partial charge in [0, 0.05) is 17.2 Å². The van der Waals surface area contributed by atoms with Crippen LogP contribution in [0.5, 0.6) is 0 Å². The van der Waals surface area contributed by atoms with Crippen molar-refractivity contribution in [2.24, 2.45) is 17.8 Å². The number of alkyl halides is 3. The first kappa shape index (κ1) is 17.3. The molecule has 1 aromatic carbocycles. The molecule has 0 saturated heterocycles. The molecule has 5 nitrogen and oxygen atoms in total. The van der Waals surface area contributed by atoms with Gasteiger partial charge >= 0.3 is 6.18 Å². The number of nitrogens with zero attached hydrogens (tertiary/aromatic N) is 1. The van der Waals surface area contributed by atoms with Gasteiger partial charge in [0.05, 0.1) is 4.92 Å². The summed E-state index contributed by atoms with van der Waals surface area (Å²) in [5, 5.41) is 13.8. The summed E-state index contributed by atoms with van der Waals surface area (Å²) in [4.78, 5) is 22.4. The third-order valence-electron chi connectivity index (χ3n) is 6.18. The maximum absolute atomic E-state index is 13.1. The number of nitro groups is 1. The van der Waals surface area contributed by atoms with E-state index in [9.17, 15) is 28.1 Å². The lowest BCUT2D eigenvalue weighted by Crippen LogP contribution is -2.59. The maximum Gasteiger partial charge on any atom is 0.423 e. The molecule has 0 aliphatic heterocycles. The van der Waals surface area contributed by atoms with Crippen LogP contribution in [0.2, 0.25) is 0 Å². The van der Waals surface area contributed by atoms with Crippen LogP contribution in [0.1, 0.15) is 54.4 Å². The lowest BCUT2D eigenvalue weighted by atomic mass is 9.53. The van der Waals surface area contributed by atoms with Crippen molar-refractivity contribution < 1.29 is 22.9 Å². The van der Waals surface area contributed by atoms with E-state index in [1.807, 2.05) is 0 Å². The molecule has 0 aromatic heterocycles. The summed E-state index contributed by atoms with van der Waals surface area (Å²) >= 11 is 0. The molecule has 8 heteroatoms. The van der Waals surface area contributed by atoms with Crippen molar-refractivity contribution in [3.8, 4) is 0 Å². The topological polar surface area (TPSA) is 72.2 Å². The zero-order chi connectivity index (χ0) is 18.7. The average Bonchev–Trinajstić information content (AvgIpc) is 2.51. The fourth-order valence-electron chi connectivity index (χ4n) is 5.64. The lowest BCUT2D eigenvalue weighted by molar-refractivity contribution is -0.388. The summed E-state index contributed by atoms with van der Waals surface area (Å²) in [5.74, 6) is 1.18. The standard InChI is InChI=1S/C18H19F3N2O3/c19-18(20,21)14-6-13(1-2-15(14)23(25)26)16(24)22-17-7-10-3-11(8-17)5-12(4-10)9-17/h1-2,6,10-12H,3-5,7-9H2,(H,22,24). The zero-order valence-electron chi connectivity index (χ0n) is 14.0. The first-order valence-electron chi connectivity index (χ1n) is 8.83. The van der Waals surface area contributed by atoms with Gasteiger partial charge in [0.15, 0.2) is 0 Å². The van der Waals surface area contributed by atoms with Crippen molar-refractivity contribution in [1.82, 2.24) is 5.32 Å². The Morgan fingerprint density at radius 1 is 1.12 bits per heavy atom. The Bertz CT molecular complexity index is 740. The van der Waals surface area contributed by atoms with Gasteiger partial charge in [-0.2, -0.15) is 13.2 Å². The molecule has 1 aromatic rings. The number of benzene rings is 1. The van der Waals surface area contributed by atoms with Crippen LogP contribution in [0.25, 0.3) is 0 Å². The van der Waals surface area contributed by atoms with Crippen molar-refractivity contribution in [1.29, 1.82) is 0 Å². The zero-order valence-corrected chi connectivity index (χ0v) is 14.0. The van der Waals surface area contributed by atoms with E-state index in [-0.39, 0.29) is 11.1 Å². The molecule has 5 rings (SSSR count). The first-order valence-corrected chi connectivity index (χ1v) is 8.83. The van der Waals surface area contributed by atoms with E-state index in [0.29, 0.717) is 23.8 Å². The average molecular weight is 368 g/mol. The van der Waals surface area contributed by atoms with Gasteiger partial charge < -0.3 is 5.32 Å². The fourth-order valence-corrected chi connectivity index (χ4v) is 5.64. The summed E-state index contributed by atoms with van der Waals surface area (Å²) in [7, 11) is 0. The highest BCUT2D eigenvalue weighted by molar-refractivity contribution is 5.95. The second kappa shape index (κ2) is 5.69. The number of carbonyl (C=O) groups excluding carboxylic acids is 1. The van der Waals surface area contributed by atoms with Gasteiger partial charge in [-0.3, -0.25) is 14.9 Å². The molecule has 4 aliphatic rings. The van der Waals surface area contributed by atoms with Crippen molar-refractivity contribution in [2.45, 2.75) is 50.2 Å². The molecule has 1 amide bonds. The summed E-state index contributed by atoms with van der Waals surface area (Å²) in [5.41, 5.74) is -2.94. The number of halogens is 3. The van der Waals surface area contributed by atoms with Gasteiger partial charge in [0.25, 0.3) is 11.6 Å². The highest BCUT2D eigenvalue weighted by Crippen LogP contribution is 2.55. The molecule has 0 heterocycles. The van der Waals surface area contributed by atoms with Gasteiger partial charge in [0.1, 0.15) is 5.56 Å². The van der Waals surface area contributed by atoms with Crippen molar-refractivity contribution in [3.63, 3.8) is 0 Å². The first-order chi connectivity index (χ1) is 12.2. The van der Waals surface area contributed by atoms with Gasteiger partial charge in [-0.1, -0.05) is 0 Å². The molecule has 4 saturated carbocycles. The van der Waals surface area contributed by atoms with Crippen LogP contribution in [0, 0.1) is 27.9 Å². The molecule has 0 radical (unpaired) electrons. The Hall–Kier alpha value is -2.12. The van der Waals surface area contributed by atoms with Gasteiger partial charge in [-0.15, -0.1) is 0 Å². The lowest BCUT2D eigenvalue weighted by Gasteiger charge is -2.56. The van der Waals surface area contributed by atoms with E-state index in [4.69, 9.17) is 0 Å². The van der Waals surface area contributed by atoms with Crippen LogP contribution in [0.3, 0.4) is 0 Å². The third-order valence-corrected chi connectivity index (χ3v) is 6.18. The van der Waals surface area contributed by atoms with E-state index in [1.54, 1.807) is 0 Å². The van der Waals surface area contributed by atoms with E-state index in [1.165, 1.54) is 19.3 Å². The molecule has 0 unspecified atom stereocenters. The van der Waals surface area contributed by atoms with Crippen LogP contribution < -0.4 is 5.32 Å². The molecule has 4 fully saturated rings. The molecular formula is C18H19F3N2O3. The van der Waals surface area contributed by atoms with Gasteiger partial charge in [-0.05, 0) is 68.4 Å². The third kappa shape index (κ3) is 2.95. The minimum absolute atomic E-state index is 0.182. The minimum Gasteiger partial charge on any atom is -0.347 e. The van der Waals surface area contributed by atoms with Gasteiger partial charge in [0.2, 0.25) is 0 Å². The molecule has 4 bridgehead atoms. The molecule has 0 atom stereocenters. The summed E-state index contributed by atoms with van der Waals surface area (Å²) in [6.07, 6.45) is 1.30. The number of hydrogen-bond acceptors (Lipinski definition) is 3. The SMILES string of the molecule is O=C(NC12CC3CC(CC(C3)C1)C2)c1ccc([N+](=O)[O-])c(C(F)(F)F)c1. The highest BCUT2D eigenvalue weighted by Gasteiger charge is 2.51. The van der Waals surface area contributed by atoms with Crippen LogP contribution in [0.15, 0.2) is 18.2 Å². The Labute approximate surface area is 148 Å². The van der Waals surface area contributed by atoms with Crippen molar-refractivity contribution >= 4 is 11.6 Å². The van der Waals surface area contributed by atoms with E-state index >= 15 is 0 Å². The van der Waals surface area contributed by atoms with Crippen LogP contribution in [-0.4, -0.2) is 16.4 Å². The Kier molecular flexibility index (Phi) is 3.79. The number of nitro benzene ring substituents is 1. The predicted molar refractivity (Wildman–Crippen MR) is 86.5 cm³/mol. The Morgan fingerprint density at radius 3 is 2.12 bits per heavy atom. The number of rotatable bonds is 3. The Balaban J connectivity index is 1.60. The molecule has 4 aliphatic carbocycles. The van der Waals surface area contributed by atoms with E-state index < -0.39 is 28.3 Å².